The van der Waals surface area contributed by atoms with Crippen LogP contribution in [0.4, 0.5) is 0 Å². The minimum atomic E-state index is -1.18. The number of carbonyl (C=O) groups excluding carboxylic acids is 1. The van der Waals surface area contributed by atoms with Crippen LogP contribution in [0.2, 0.25) is 0 Å². The molecule has 1 aromatic rings. The predicted molar refractivity (Wildman–Crippen MR) is 61.7 cm³/mol. The Labute approximate surface area is 99.2 Å². The molecule has 0 heterocycles. The molecule has 0 unspecified atom stereocenters. The van der Waals surface area contributed by atoms with Crippen LogP contribution in [-0.4, -0.2) is 22.6 Å². The van der Waals surface area contributed by atoms with E-state index in [9.17, 15) is 9.59 Å². The first-order valence-corrected chi connectivity index (χ1v) is 4.91. The van der Waals surface area contributed by atoms with Gasteiger partial charge in [0.2, 0.25) is 0 Å². The normalized spacial score (nSPS) is 10.4. The Morgan fingerprint density at radius 1 is 1.29 bits per heavy atom. The Bertz CT molecular complexity index is 494. The van der Waals surface area contributed by atoms with E-state index < -0.39 is 17.5 Å². The summed E-state index contributed by atoms with van der Waals surface area (Å²) >= 11 is 0. The zero-order valence-corrected chi connectivity index (χ0v) is 9.56. The molecule has 17 heavy (non-hydrogen) atoms. The lowest BCUT2D eigenvalue weighted by Crippen LogP contribution is -2.26. The summed E-state index contributed by atoms with van der Waals surface area (Å²) in [6.45, 7) is 3.10. The number of carbonyl (C=O) groups is 2. The third-order valence-electron chi connectivity index (χ3n) is 2.07. The monoisotopic (exact) mass is 232 g/mol. The number of benzene rings is 1. The Balaban J connectivity index is 3.06. The van der Waals surface area contributed by atoms with Crippen LogP contribution in [-0.2, 0) is 4.74 Å². The number of carboxylic acid groups (broad SMARTS) is 1. The Morgan fingerprint density at radius 2 is 1.82 bits per heavy atom. The van der Waals surface area contributed by atoms with E-state index in [1.54, 1.807) is 19.9 Å². The van der Waals surface area contributed by atoms with E-state index >= 15 is 0 Å². The van der Waals surface area contributed by atoms with Crippen molar-refractivity contribution in [1.29, 1.82) is 0 Å². The number of esters is 1. The smallest absolute Gasteiger partial charge is 0.340 e. The summed E-state index contributed by atoms with van der Waals surface area (Å²) in [7, 11) is 0. The largest absolute Gasteiger partial charge is 0.478 e. The highest BCUT2D eigenvalue weighted by atomic mass is 16.6. The molecule has 0 fully saturated rings. The molecule has 0 saturated carbocycles. The van der Waals surface area contributed by atoms with Gasteiger partial charge in [0.15, 0.2) is 5.60 Å². The summed E-state index contributed by atoms with van der Waals surface area (Å²) in [6, 6.07) is 5.82. The van der Waals surface area contributed by atoms with Crippen LogP contribution in [0.5, 0.6) is 0 Å². The molecule has 0 saturated heterocycles. The molecule has 0 radical (unpaired) electrons. The van der Waals surface area contributed by atoms with Crippen LogP contribution in [0, 0.1) is 12.3 Å². The van der Waals surface area contributed by atoms with Gasteiger partial charge in [-0.05, 0) is 26.0 Å². The van der Waals surface area contributed by atoms with Gasteiger partial charge in [-0.15, -0.1) is 6.42 Å². The molecule has 1 aromatic carbocycles. The molecule has 1 N–H and O–H groups in total. The maximum atomic E-state index is 11.8. The summed E-state index contributed by atoms with van der Waals surface area (Å²) < 4.78 is 5.03. The van der Waals surface area contributed by atoms with E-state index in [0.29, 0.717) is 0 Å². The number of hydrogen-bond acceptors (Lipinski definition) is 3. The van der Waals surface area contributed by atoms with Gasteiger partial charge in [0.05, 0.1) is 11.1 Å². The number of terminal acetylenes is 1. The van der Waals surface area contributed by atoms with Crippen LogP contribution in [0.1, 0.15) is 34.6 Å². The van der Waals surface area contributed by atoms with Crippen molar-refractivity contribution in [3.63, 3.8) is 0 Å². The van der Waals surface area contributed by atoms with E-state index in [4.69, 9.17) is 16.3 Å². The lowest BCUT2D eigenvalue weighted by atomic mass is 10.1. The molecular formula is C13H12O4. The second-order valence-corrected chi connectivity index (χ2v) is 3.89. The number of aromatic carboxylic acids is 1. The summed E-state index contributed by atoms with van der Waals surface area (Å²) in [5.74, 6) is 0.371. The zero-order chi connectivity index (χ0) is 13.1. The number of ether oxygens (including phenoxy) is 1. The third kappa shape index (κ3) is 3.08. The Morgan fingerprint density at radius 3 is 2.29 bits per heavy atom. The van der Waals surface area contributed by atoms with Gasteiger partial charge >= 0.3 is 11.9 Å². The first-order valence-electron chi connectivity index (χ1n) is 4.91. The summed E-state index contributed by atoms with van der Waals surface area (Å²) in [4.78, 5) is 22.7. The molecule has 0 aromatic heterocycles. The average Bonchev–Trinajstić information content (AvgIpc) is 2.28. The van der Waals surface area contributed by atoms with E-state index in [1.807, 2.05) is 0 Å². The van der Waals surface area contributed by atoms with Crippen LogP contribution in [0.15, 0.2) is 24.3 Å². The summed E-state index contributed by atoms with van der Waals surface area (Å²) in [5, 5.41) is 8.92. The predicted octanol–water partition coefficient (Wildman–Crippen LogP) is 1.95. The molecular weight excluding hydrogens is 220 g/mol. The van der Waals surface area contributed by atoms with Gasteiger partial charge in [-0.2, -0.15) is 0 Å². The SMILES string of the molecule is C#CC(C)(C)OC(=O)c1ccccc1C(=O)O. The van der Waals surface area contributed by atoms with Crippen LogP contribution < -0.4 is 0 Å². The fourth-order valence-electron chi connectivity index (χ4n) is 1.16. The van der Waals surface area contributed by atoms with Crippen molar-refractivity contribution in [2.45, 2.75) is 19.4 Å². The molecule has 0 aliphatic carbocycles. The molecule has 0 spiro atoms. The maximum absolute atomic E-state index is 11.8. The average molecular weight is 232 g/mol. The molecule has 0 aliphatic rings. The molecule has 0 atom stereocenters. The van der Waals surface area contributed by atoms with Crippen molar-refractivity contribution < 1.29 is 19.4 Å². The molecule has 1 rings (SSSR count). The minimum absolute atomic E-state index is 0.0108. The van der Waals surface area contributed by atoms with Crippen molar-refractivity contribution >= 4 is 11.9 Å². The van der Waals surface area contributed by atoms with Crippen molar-refractivity contribution in [2.75, 3.05) is 0 Å². The van der Waals surface area contributed by atoms with Crippen LogP contribution in [0.25, 0.3) is 0 Å². The molecule has 0 bridgehead atoms. The topological polar surface area (TPSA) is 63.6 Å². The van der Waals surface area contributed by atoms with E-state index in [-0.39, 0.29) is 11.1 Å². The highest BCUT2D eigenvalue weighted by Gasteiger charge is 2.24. The van der Waals surface area contributed by atoms with Crippen molar-refractivity contribution in [3.05, 3.63) is 35.4 Å². The molecule has 4 nitrogen and oxygen atoms in total. The fraction of sp³-hybridized carbons (Fsp3) is 0.231. The molecule has 88 valence electrons. The first kappa shape index (κ1) is 12.8. The lowest BCUT2D eigenvalue weighted by Gasteiger charge is -2.18. The number of carboxylic acids is 1. The van der Waals surface area contributed by atoms with Crippen LogP contribution >= 0.6 is 0 Å². The number of rotatable bonds is 3. The molecule has 0 amide bonds. The second-order valence-electron chi connectivity index (χ2n) is 3.89. The summed E-state index contributed by atoms with van der Waals surface area (Å²) in [5.41, 5.74) is -1.18. The van der Waals surface area contributed by atoms with Gasteiger partial charge < -0.3 is 9.84 Å². The minimum Gasteiger partial charge on any atom is -0.478 e. The van der Waals surface area contributed by atoms with Gasteiger partial charge in [-0.1, -0.05) is 18.1 Å². The second kappa shape index (κ2) is 4.71. The first-order chi connectivity index (χ1) is 7.87. The van der Waals surface area contributed by atoms with E-state index in [0.717, 1.165) is 0 Å². The van der Waals surface area contributed by atoms with Crippen LogP contribution in [0.3, 0.4) is 0 Å². The number of hydrogen-bond donors (Lipinski definition) is 1. The third-order valence-corrected chi connectivity index (χ3v) is 2.07. The zero-order valence-electron chi connectivity index (χ0n) is 9.56. The Kier molecular flexibility index (Phi) is 3.54. The van der Waals surface area contributed by atoms with Crippen molar-refractivity contribution in [1.82, 2.24) is 0 Å². The van der Waals surface area contributed by atoms with Gasteiger partial charge in [-0.3, -0.25) is 0 Å². The van der Waals surface area contributed by atoms with Crippen molar-refractivity contribution in [2.24, 2.45) is 0 Å². The van der Waals surface area contributed by atoms with Gasteiger partial charge in [0.1, 0.15) is 0 Å². The van der Waals surface area contributed by atoms with E-state index in [2.05, 4.69) is 5.92 Å². The lowest BCUT2D eigenvalue weighted by molar-refractivity contribution is 0.0200. The highest BCUT2D eigenvalue weighted by molar-refractivity contribution is 6.02. The van der Waals surface area contributed by atoms with Gasteiger partial charge in [-0.25, -0.2) is 9.59 Å². The van der Waals surface area contributed by atoms with Crippen molar-refractivity contribution in [3.8, 4) is 12.3 Å². The van der Waals surface area contributed by atoms with Gasteiger partial charge in [0, 0.05) is 0 Å². The fourth-order valence-corrected chi connectivity index (χ4v) is 1.16. The van der Waals surface area contributed by atoms with Gasteiger partial charge in [0.25, 0.3) is 0 Å². The molecule has 0 aliphatic heterocycles. The molecule has 4 heteroatoms. The quantitative estimate of drug-likeness (QED) is 0.639. The highest BCUT2D eigenvalue weighted by Crippen LogP contribution is 2.15. The standard InChI is InChI=1S/C13H12O4/c1-4-13(2,3)17-12(16)10-8-6-5-7-9(10)11(14)15/h1,5-8H,2-3H3,(H,14,15). The summed E-state index contributed by atoms with van der Waals surface area (Å²) in [6.07, 6.45) is 5.19. The van der Waals surface area contributed by atoms with E-state index in [1.165, 1.54) is 18.2 Å². The Hall–Kier alpha value is -2.28. The maximum Gasteiger partial charge on any atom is 0.340 e.